The van der Waals surface area contributed by atoms with Crippen LogP contribution in [0.3, 0.4) is 0 Å². The lowest BCUT2D eigenvalue weighted by Gasteiger charge is -2.27. The maximum absolute atomic E-state index is 13.2. The number of aryl methyl sites for hydroxylation is 1. The van der Waals surface area contributed by atoms with E-state index >= 15 is 0 Å². The highest BCUT2D eigenvalue weighted by molar-refractivity contribution is 5.95. The van der Waals surface area contributed by atoms with E-state index in [0.29, 0.717) is 4.57 Å². The lowest BCUT2D eigenvalue weighted by atomic mass is 10.1. The molecule has 33 heavy (non-hydrogen) atoms. The summed E-state index contributed by atoms with van der Waals surface area (Å²) in [5.41, 5.74) is -2.01. The van der Waals surface area contributed by atoms with E-state index in [2.05, 4.69) is 0 Å². The van der Waals surface area contributed by atoms with Crippen molar-refractivity contribution < 1.29 is 23.9 Å². The van der Waals surface area contributed by atoms with Crippen molar-refractivity contribution in [1.82, 2.24) is 14.0 Å². The molecule has 1 aromatic heterocycles. The Morgan fingerprint density at radius 3 is 2.27 bits per heavy atom. The summed E-state index contributed by atoms with van der Waals surface area (Å²) in [6.45, 7) is 6.55. The maximum Gasteiger partial charge on any atom is 0.411 e. The van der Waals surface area contributed by atoms with E-state index in [9.17, 15) is 24.0 Å². The molecule has 0 radical (unpaired) electrons. The number of amides is 1. The number of esters is 1. The van der Waals surface area contributed by atoms with Crippen LogP contribution < -0.4 is 11.2 Å². The van der Waals surface area contributed by atoms with E-state index in [1.807, 2.05) is 0 Å². The lowest BCUT2D eigenvalue weighted by molar-refractivity contribution is -0.145. The minimum Gasteiger partial charge on any atom is -0.467 e. The van der Waals surface area contributed by atoms with Crippen LogP contribution in [0, 0.1) is 6.92 Å². The van der Waals surface area contributed by atoms with Gasteiger partial charge in [-0.2, -0.15) is 4.57 Å². The Balaban J connectivity index is 2.04. The van der Waals surface area contributed by atoms with E-state index < -0.39 is 46.9 Å². The van der Waals surface area contributed by atoms with Gasteiger partial charge in [-0.25, -0.2) is 14.4 Å². The molecule has 0 unspecified atom stereocenters. The molecule has 1 aromatic carbocycles. The molecule has 10 heteroatoms. The summed E-state index contributed by atoms with van der Waals surface area (Å²) < 4.78 is 12.0. The summed E-state index contributed by atoms with van der Waals surface area (Å²) in [5.74, 6) is -1.41. The molecule has 0 N–H and O–H groups in total. The third-order valence-electron chi connectivity index (χ3n) is 5.28. The number of benzene rings is 1. The fourth-order valence-electron chi connectivity index (χ4n) is 3.75. The van der Waals surface area contributed by atoms with Crippen molar-refractivity contribution in [2.75, 3.05) is 13.7 Å². The second-order valence-electron chi connectivity index (χ2n) is 8.87. The molecule has 0 saturated carbocycles. The van der Waals surface area contributed by atoms with Crippen LogP contribution in [0.2, 0.25) is 0 Å². The molecule has 1 saturated heterocycles. The Kier molecular flexibility index (Phi) is 6.57. The van der Waals surface area contributed by atoms with E-state index in [-0.39, 0.29) is 24.1 Å². The van der Waals surface area contributed by atoms with Crippen LogP contribution in [-0.2, 0) is 14.3 Å². The molecular formula is C23H27N3O7. The highest BCUT2D eigenvalue weighted by atomic mass is 16.6. The number of nitrogens with zero attached hydrogens (tertiary/aromatic N) is 3. The fourth-order valence-corrected chi connectivity index (χ4v) is 3.75. The zero-order valence-corrected chi connectivity index (χ0v) is 19.2. The van der Waals surface area contributed by atoms with E-state index in [4.69, 9.17) is 9.47 Å². The summed E-state index contributed by atoms with van der Waals surface area (Å²) in [6.07, 6.45) is 0.680. The van der Waals surface area contributed by atoms with Crippen molar-refractivity contribution in [2.24, 2.45) is 0 Å². The standard InChI is InChI=1S/C23H27N3O7/c1-14-12-24(21(30)26(18(14)27)19(28)15-9-7-6-8-10-15)16-11-17(20(29)32-5)25(13-16)22(31)33-23(2,3)4/h6-10,12,16-17H,11,13H2,1-5H3/t16-,17-/m0/s1. The van der Waals surface area contributed by atoms with E-state index in [0.717, 1.165) is 0 Å². The highest BCUT2D eigenvalue weighted by Crippen LogP contribution is 2.29. The molecule has 1 aliphatic heterocycles. The third-order valence-corrected chi connectivity index (χ3v) is 5.28. The minimum atomic E-state index is -0.979. The van der Waals surface area contributed by atoms with Gasteiger partial charge in [-0.15, -0.1) is 0 Å². The minimum absolute atomic E-state index is 0.0360. The monoisotopic (exact) mass is 457 g/mol. The normalized spacial score (nSPS) is 18.2. The predicted octanol–water partition coefficient (Wildman–Crippen LogP) is 1.73. The summed E-state index contributed by atoms with van der Waals surface area (Å²) in [5, 5.41) is 0. The Morgan fingerprint density at radius 1 is 1.06 bits per heavy atom. The first-order valence-corrected chi connectivity index (χ1v) is 10.5. The van der Waals surface area contributed by atoms with Crippen LogP contribution >= 0.6 is 0 Å². The molecule has 1 amide bonds. The Morgan fingerprint density at radius 2 is 1.70 bits per heavy atom. The largest absolute Gasteiger partial charge is 0.467 e. The summed E-state index contributed by atoms with van der Waals surface area (Å²) >= 11 is 0. The molecule has 2 atom stereocenters. The van der Waals surface area contributed by atoms with Gasteiger partial charge < -0.3 is 9.47 Å². The fraction of sp³-hybridized carbons (Fsp3) is 0.435. The van der Waals surface area contributed by atoms with Crippen molar-refractivity contribution in [3.05, 3.63) is 68.5 Å². The molecule has 0 spiro atoms. The quantitative estimate of drug-likeness (QED) is 0.644. The van der Waals surface area contributed by atoms with Crippen molar-refractivity contribution in [3.8, 4) is 0 Å². The first-order valence-electron chi connectivity index (χ1n) is 10.5. The van der Waals surface area contributed by atoms with Crippen LogP contribution in [0.1, 0.15) is 49.2 Å². The van der Waals surface area contributed by atoms with Gasteiger partial charge in [0, 0.05) is 30.3 Å². The van der Waals surface area contributed by atoms with Gasteiger partial charge >= 0.3 is 17.8 Å². The molecule has 10 nitrogen and oxygen atoms in total. The smallest absolute Gasteiger partial charge is 0.411 e. The topological polar surface area (TPSA) is 117 Å². The van der Waals surface area contributed by atoms with Gasteiger partial charge in [-0.1, -0.05) is 18.2 Å². The molecular weight excluding hydrogens is 430 g/mol. The van der Waals surface area contributed by atoms with Gasteiger partial charge in [0.05, 0.1) is 13.2 Å². The molecule has 0 bridgehead atoms. The van der Waals surface area contributed by atoms with E-state index in [1.165, 1.54) is 41.8 Å². The van der Waals surface area contributed by atoms with Gasteiger partial charge in [0.2, 0.25) is 0 Å². The number of rotatable bonds is 3. The maximum atomic E-state index is 13.2. The van der Waals surface area contributed by atoms with E-state index in [1.54, 1.807) is 39.0 Å². The number of likely N-dealkylation sites (tertiary alicyclic amines) is 1. The Hall–Kier alpha value is -3.69. The molecule has 2 heterocycles. The molecule has 3 rings (SSSR count). The van der Waals surface area contributed by atoms with Gasteiger partial charge in [0.15, 0.2) is 0 Å². The Labute approximate surface area is 190 Å². The molecule has 1 fully saturated rings. The van der Waals surface area contributed by atoms with Gasteiger partial charge in [-0.3, -0.25) is 19.1 Å². The third kappa shape index (κ3) is 4.89. The first kappa shape index (κ1) is 24.0. The second-order valence-corrected chi connectivity index (χ2v) is 8.87. The lowest BCUT2D eigenvalue weighted by Crippen LogP contribution is -2.46. The van der Waals surface area contributed by atoms with Crippen LogP contribution in [0.5, 0.6) is 0 Å². The van der Waals surface area contributed by atoms with Crippen LogP contribution in [0.15, 0.2) is 46.1 Å². The number of carbonyl (C=O) groups is 3. The average molecular weight is 457 g/mol. The number of aromatic nitrogens is 2. The highest BCUT2D eigenvalue weighted by Gasteiger charge is 2.43. The Bertz CT molecular complexity index is 1190. The zero-order chi connectivity index (χ0) is 24.5. The second kappa shape index (κ2) is 9.05. The van der Waals surface area contributed by atoms with Gasteiger partial charge in [0.25, 0.3) is 11.5 Å². The van der Waals surface area contributed by atoms with Crippen molar-refractivity contribution in [1.29, 1.82) is 0 Å². The number of carbonyl (C=O) groups excluding carboxylic acids is 3. The van der Waals surface area contributed by atoms with Gasteiger partial charge in [-0.05, 0) is 39.8 Å². The number of hydrogen-bond donors (Lipinski definition) is 0. The van der Waals surface area contributed by atoms with Crippen molar-refractivity contribution in [2.45, 2.75) is 51.8 Å². The SMILES string of the molecule is COC(=O)[C@@H]1C[C@H](n2cc(C)c(=O)n(C(=O)c3ccccc3)c2=O)CN1C(=O)OC(C)(C)C. The van der Waals surface area contributed by atoms with Gasteiger partial charge in [0.1, 0.15) is 11.6 Å². The summed E-state index contributed by atoms with van der Waals surface area (Å²) in [4.78, 5) is 65.2. The van der Waals surface area contributed by atoms with Crippen LogP contribution in [0.4, 0.5) is 4.79 Å². The molecule has 176 valence electrons. The molecule has 2 aromatic rings. The van der Waals surface area contributed by atoms with Crippen molar-refractivity contribution >= 4 is 18.0 Å². The van der Waals surface area contributed by atoms with Crippen LogP contribution in [-0.4, -0.2) is 57.3 Å². The van der Waals surface area contributed by atoms with Crippen LogP contribution in [0.25, 0.3) is 0 Å². The molecule has 0 aliphatic carbocycles. The summed E-state index contributed by atoms with van der Waals surface area (Å²) in [7, 11) is 1.21. The zero-order valence-electron chi connectivity index (χ0n) is 19.2. The number of ether oxygens (including phenoxy) is 2. The number of methoxy groups -OCH3 is 1. The first-order chi connectivity index (χ1) is 15.4. The number of hydrogen-bond acceptors (Lipinski definition) is 7. The summed E-state index contributed by atoms with van der Waals surface area (Å²) in [6, 6.07) is 6.33. The predicted molar refractivity (Wildman–Crippen MR) is 118 cm³/mol. The van der Waals surface area contributed by atoms with Crippen molar-refractivity contribution in [3.63, 3.8) is 0 Å². The average Bonchev–Trinajstić information content (AvgIpc) is 3.20. The molecule has 1 aliphatic rings.